The zero-order valence-corrected chi connectivity index (χ0v) is 13.0. The highest BCUT2D eigenvalue weighted by molar-refractivity contribution is 5.96. The molecule has 3 rings (SSSR count). The van der Waals surface area contributed by atoms with E-state index in [0.29, 0.717) is 0 Å². The highest BCUT2D eigenvalue weighted by atomic mass is 16.2. The number of rotatable bonds is 4. The van der Waals surface area contributed by atoms with Gasteiger partial charge in [0, 0.05) is 6.92 Å². The molecule has 3 nitrogen and oxygen atoms in total. The molecule has 0 aliphatic carbocycles. The number of para-hydroxylation sites is 3. The van der Waals surface area contributed by atoms with E-state index >= 15 is 0 Å². The number of anilines is 3. The van der Waals surface area contributed by atoms with Crippen LogP contribution in [-0.2, 0) is 4.79 Å². The zero-order chi connectivity index (χ0) is 16.1. The summed E-state index contributed by atoms with van der Waals surface area (Å²) in [5.74, 6) is -0.0519. The van der Waals surface area contributed by atoms with Crippen LogP contribution in [0.1, 0.15) is 6.92 Å². The van der Waals surface area contributed by atoms with Crippen molar-refractivity contribution in [1.29, 1.82) is 0 Å². The van der Waals surface area contributed by atoms with Crippen LogP contribution in [0.3, 0.4) is 0 Å². The first-order valence-corrected chi connectivity index (χ1v) is 7.53. The normalized spacial score (nSPS) is 10.1. The van der Waals surface area contributed by atoms with Gasteiger partial charge in [-0.3, -0.25) is 4.79 Å². The van der Waals surface area contributed by atoms with Crippen molar-refractivity contribution in [2.24, 2.45) is 0 Å². The first kappa shape index (κ1) is 14.9. The minimum Gasteiger partial charge on any atom is -0.273 e. The molecule has 0 radical (unpaired) electrons. The van der Waals surface area contributed by atoms with Crippen molar-refractivity contribution in [2.75, 3.05) is 10.0 Å². The Hall–Kier alpha value is -3.07. The largest absolute Gasteiger partial charge is 0.273 e. The summed E-state index contributed by atoms with van der Waals surface area (Å²) in [6.07, 6.45) is 0. The van der Waals surface area contributed by atoms with Crippen LogP contribution in [0.5, 0.6) is 0 Å². The summed E-state index contributed by atoms with van der Waals surface area (Å²) in [5, 5.41) is 3.61. The third-order valence-electron chi connectivity index (χ3n) is 3.50. The first-order chi connectivity index (χ1) is 11.3. The highest BCUT2D eigenvalue weighted by Crippen LogP contribution is 2.30. The van der Waals surface area contributed by atoms with E-state index in [1.165, 1.54) is 0 Å². The molecule has 0 saturated carbocycles. The minimum absolute atomic E-state index is 0.0519. The predicted octanol–water partition coefficient (Wildman–Crippen LogP) is 4.79. The Morgan fingerprint density at radius 3 is 1.30 bits per heavy atom. The van der Waals surface area contributed by atoms with Crippen molar-refractivity contribution in [1.82, 2.24) is 0 Å². The smallest absolute Gasteiger partial charge is 0.243 e. The Morgan fingerprint density at radius 1 is 0.609 bits per heavy atom. The number of hydrogen-bond donors (Lipinski definition) is 0. The maximum Gasteiger partial charge on any atom is 0.243 e. The average molecular weight is 302 g/mol. The Kier molecular flexibility index (Phi) is 4.39. The fourth-order valence-corrected chi connectivity index (χ4v) is 2.53. The lowest BCUT2D eigenvalue weighted by molar-refractivity contribution is -0.116. The summed E-state index contributed by atoms with van der Waals surface area (Å²) in [6, 6.07) is 29.4. The van der Waals surface area contributed by atoms with Crippen LogP contribution in [0.25, 0.3) is 0 Å². The zero-order valence-electron chi connectivity index (χ0n) is 13.0. The fraction of sp³-hybridized carbons (Fsp3) is 0.0500. The van der Waals surface area contributed by atoms with E-state index in [9.17, 15) is 4.79 Å². The van der Waals surface area contributed by atoms with Gasteiger partial charge in [0.25, 0.3) is 0 Å². The lowest BCUT2D eigenvalue weighted by Crippen LogP contribution is -2.43. The van der Waals surface area contributed by atoms with Gasteiger partial charge in [0.15, 0.2) is 0 Å². The van der Waals surface area contributed by atoms with Gasteiger partial charge >= 0.3 is 0 Å². The molecular formula is C20H18N2O. The highest BCUT2D eigenvalue weighted by Gasteiger charge is 2.22. The third kappa shape index (κ3) is 3.24. The van der Waals surface area contributed by atoms with E-state index in [2.05, 4.69) is 0 Å². The molecule has 0 N–H and O–H groups in total. The molecule has 0 unspecified atom stereocenters. The van der Waals surface area contributed by atoms with Gasteiger partial charge in [-0.25, -0.2) is 10.0 Å². The fourth-order valence-electron chi connectivity index (χ4n) is 2.53. The lowest BCUT2D eigenvalue weighted by atomic mass is 10.2. The Morgan fingerprint density at radius 2 is 0.957 bits per heavy atom. The number of amides is 1. The summed E-state index contributed by atoms with van der Waals surface area (Å²) in [6.45, 7) is 1.58. The van der Waals surface area contributed by atoms with Crippen LogP contribution in [-0.4, -0.2) is 5.91 Å². The van der Waals surface area contributed by atoms with Gasteiger partial charge in [0.05, 0.1) is 17.1 Å². The SMILES string of the molecule is CC(=O)N(c1ccccc1)N(c1ccccc1)c1ccccc1. The van der Waals surface area contributed by atoms with E-state index in [4.69, 9.17) is 0 Å². The minimum atomic E-state index is -0.0519. The molecule has 0 fully saturated rings. The third-order valence-corrected chi connectivity index (χ3v) is 3.50. The van der Waals surface area contributed by atoms with E-state index in [0.717, 1.165) is 17.1 Å². The standard InChI is InChI=1S/C20H18N2O/c1-17(23)21(18-11-5-2-6-12-18)22(19-13-7-3-8-14-19)20-15-9-4-10-16-20/h2-16H,1H3. The lowest BCUT2D eigenvalue weighted by Gasteiger charge is -2.36. The number of carbonyl (C=O) groups excluding carboxylic acids is 1. The van der Waals surface area contributed by atoms with Gasteiger partial charge in [-0.1, -0.05) is 54.6 Å². The summed E-state index contributed by atoms with van der Waals surface area (Å²) in [4.78, 5) is 12.4. The van der Waals surface area contributed by atoms with Crippen molar-refractivity contribution < 1.29 is 4.79 Å². The molecule has 3 heteroatoms. The van der Waals surface area contributed by atoms with Crippen molar-refractivity contribution >= 4 is 23.0 Å². The maximum absolute atomic E-state index is 12.4. The van der Waals surface area contributed by atoms with Crippen LogP contribution >= 0.6 is 0 Å². The van der Waals surface area contributed by atoms with Crippen LogP contribution < -0.4 is 10.0 Å². The quantitative estimate of drug-likeness (QED) is 0.647. The van der Waals surface area contributed by atoms with Gasteiger partial charge in [0.1, 0.15) is 0 Å². The second kappa shape index (κ2) is 6.79. The van der Waals surface area contributed by atoms with Gasteiger partial charge in [-0.2, -0.15) is 0 Å². The van der Waals surface area contributed by atoms with Crippen LogP contribution in [0.4, 0.5) is 17.1 Å². The van der Waals surface area contributed by atoms with Gasteiger partial charge < -0.3 is 0 Å². The van der Waals surface area contributed by atoms with Gasteiger partial charge in [-0.15, -0.1) is 0 Å². The number of benzene rings is 3. The Bertz CT molecular complexity index is 718. The summed E-state index contributed by atoms with van der Waals surface area (Å²) in [5.41, 5.74) is 2.68. The Labute approximate surface area is 136 Å². The second-order valence-corrected chi connectivity index (χ2v) is 5.15. The van der Waals surface area contributed by atoms with Crippen LogP contribution in [0.2, 0.25) is 0 Å². The van der Waals surface area contributed by atoms with E-state index in [-0.39, 0.29) is 5.91 Å². The summed E-state index contributed by atoms with van der Waals surface area (Å²) >= 11 is 0. The molecule has 0 heterocycles. The van der Waals surface area contributed by atoms with Gasteiger partial charge in [0.2, 0.25) is 5.91 Å². The molecule has 0 aliphatic rings. The number of hydrogen-bond acceptors (Lipinski definition) is 2. The molecule has 3 aromatic rings. The van der Waals surface area contributed by atoms with E-state index in [1.54, 1.807) is 11.9 Å². The van der Waals surface area contributed by atoms with Crippen molar-refractivity contribution in [3.05, 3.63) is 91.0 Å². The molecule has 0 aliphatic heterocycles. The van der Waals surface area contributed by atoms with Crippen molar-refractivity contribution in [2.45, 2.75) is 6.92 Å². The summed E-state index contributed by atoms with van der Waals surface area (Å²) in [7, 11) is 0. The van der Waals surface area contributed by atoms with Gasteiger partial charge in [-0.05, 0) is 36.4 Å². The van der Waals surface area contributed by atoms with Crippen molar-refractivity contribution in [3.8, 4) is 0 Å². The number of carbonyl (C=O) groups is 1. The molecular weight excluding hydrogens is 284 g/mol. The molecule has 3 aromatic carbocycles. The van der Waals surface area contributed by atoms with E-state index in [1.807, 2.05) is 96.0 Å². The van der Waals surface area contributed by atoms with Crippen LogP contribution in [0, 0.1) is 0 Å². The topological polar surface area (TPSA) is 23.6 Å². The number of hydrazine groups is 1. The first-order valence-electron chi connectivity index (χ1n) is 7.53. The molecule has 0 bridgehead atoms. The molecule has 0 atom stereocenters. The van der Waals surface area contributed by atoms with Crippen molar-refractivity contribution in [3.63, 3.8) is 0 Å². The monoisotopic (exact) mass is 302 g/mol. The molecule has 114 valence electrons. The molecule has 1 amide bonds. The summed E-state index contributed by atoms with van der Waals surface area (Å²) < 4.78 is 0. The molecule has 0 spiro atoms. The average Bonchev–Trinajstić information content (AvgIpc) is 2.61. The molecule has 23 heavy (non-hydrogen) atoms. The number of nitrogens with zero attached hydrogens (tertiary/aromatic N) is 2. The predicted molar refractivity (Wildman–Crippen MR) is 94.6 cm³/mol. The molecule has 0 aromatic heterocycles. The van der Waals surface area contributed by atoms with Crippen LogP contribution in [0.15, 0.2) is 91.0 Å². The second-order valence-electron chi connectivity index (χ2n) is 5.15. The maximum atomic E-state index is 12.4. The van der Waals surface area contributed by atoms with E-state index < -0.39 is 0 Å². The Balaban J connectivity index is 2.15. The molecule has 0 saturated heterocycles.